The lowest BCUT2D eigenvalue weighted by atomic mass is 10.1. The smallest absolute Gasteiger partial charge is 0.418 e. The molecule has 3 N–H and O–H groups in total. The molecular weight excluding hydrogens is 354 g/mol. The maximum atomic E-state index is 14.0. The molecule has 0 saturated carbocycles. The number of phenols is 2. The van der Waals surface area contributed by atoms with Gasteiger partial charge in [-0.3, -0.25) is 0 Å². The third-order valence-electron chi connectivity index (χ3n) is 3.47. The minimum atomic E-state index is -4.59. The van der Waals surface area contributed by atoms with Crippen LogP contribution in [-0.2, 0) is 6.18 Å². The second-order valence-electron chi connectivity index (χ2n) is 5.26. The molecule has 0 aliphatic rings. The molecule has 0 bridgehead atoms. The molecule has 9 heteroatoms. The van der Waals surface area contributed by atoms with Gasteiger partial charge in [0.15, 0.2) is 17.3 Å². The van der Waals surface area contributed by atoms with E-state index < -0.39 is 29.1 Å². The molecule has 0 atom stereocenters. The summed E-state index contributed by atoms with van der Waals surface area (Å²) < 4.78 is 53.2. The van der Waals surface area contributed by atoms with E-state index >= 15 is 0 Å². The first-order chi connectivity index (χ1) is 12.3. The summed E-state index contributed by atoms with van der Waals surface area (Å²) in [5, 5.41) is 21.3. The SMILES string of the molecule is Oc1ccc(-c2nc(Nc3ccccc3C(F)(F)F)ncc2F)cc1O. The van der Waals surface area contributed by atoms with Gasteiger partial charge in [0.1, 0.15) is 5.69 Å². The second-order valence-corrected chi connectivity index (χ2v) is 5.26. The van der Waals surface area contributed by atoms with Gasteiger partial charge in [0.25, 0.3) is 0 Å². The fraction of sp³-hybridized carbons (Fsp3) is 0.0588. The largest absolute Gasteiger partial charge is 0.504 e. The molecule has 2 aromatic carbocycles. The van der Waals surface area contributed by atoms with Crippen LogP contribution in [0, 0.1) is 5.82 Å². The summed E-state index contributed by atoms with van der Waals surface area (Å²) in [7, 11) is 0. The van der Waals surface area contributed by atoms with Gasteiger partial charge in [-0.2, -0.15) is 13.2 Å². The lowest BCUT2D eigenvalue weighted by Gasteiger charge is -2.14. The van der Waals surface area contributed by atoms with Crippen LogP contribution in [-0.4, -0.2) is 20.2 Å². The van der Waals surface area contributed by atoms with Crippen molar-refractivity contribution in [3.8, 4) is 22.8 Å². The number of aromatic nitrogens is 2. The Balaban J connectivity index is 2.00. The zero-order valence-corrected chi connectivity index (χ0v) is 12.9. The molecule has 1 aromatic heterocycles. The molecule has 0 unspecified atom stereocenters. The van der Waals surface area contributed by atoms with Crippen LogP contribution in [0.25, 0.3) is 11.3 Å². The highest BCUT2D eigenvalue weighted by Gasteiger charge is 2.33. The predicted molar refractivity (Wildman–Crippen MR) is 85.5 cm³/mol. The van der Waals surface area contributed by atoms with Gasteiger partial charge in [-0.1, -0.05) is 12.1 Å². The molecule has 0 amide bonds. The number of alkyl halides is 3. The van der Waals surface area contributed by atoms with Gasteiger partial charge in [-0.05, 0) is 30.3 Å². The number of benzene rings is 2. The highest BCUT2D eigenvalue weighted by molar-refractivity contribution is 5.66. The first kappa shape index (κ1) is 17.5. The third kappa shape index (κ3) is 3.51. The summed E-state index contributed by atoms with van der Waals surface area (Å²) in [6.45, 7) is 0. The topological polar surface area (TPSA) is 78.3 Å². The van der Waals surface area contributed by atoms with Gasteiger partial charge in [0.2, 0.25) is 5.95 Å². The van der Waals surface area contributed by atoms with E-state index in [1.54, 1.807) is 0 Å². The number of aromatic hydroxyl groups is 2. The van der Waals surface area contributed by atoms with Crippen LogP contribution in [0.2, 0.25) is 0 Å². The molecule has 0 spiro atoms. The lowest BCUT2D eigenvalue weighted by molar-refractivity contribution is -0.136. The van der Waals surface area contributed by atoms with Crippen LogP contribution >= 0.6 is 0 Å². The number of halogens is 4. The van der Waals surface area contributed by atoms with E-state index in [0.29, 0.717) is 0 Å². The van der Waals surface area contributed by atoms with Crippen LogP contribution in [0.5, 0.6) is 11.5 Å². The zero-order valence-electron chi connectivity index (χ0n) is 12.9. The molecule has 3 aromatic rings. The van der Waals surface area contributed by atoms with Crippen LogP contribution in [0.1, 0.15) is 5.56 Å². The summed E-state index contributed by atoms with van der Waals surface area (Å²) in [6, 6.07) is 8.25. The number of hydrogen-bond donors (Lipinski definition) is 3. The van der Waals surface area contributed by atoms with Crippen LogP contribution in [0.3, 0.4) is 0 Å². The van der Waals surface area contributed by atoms with E-state index in [1.807, 2.05) is 0 Å². The molecule has 3 rings (SSSR count). The van der Waals surface area contributed by atoms with Crippen LogP contribution in [0.15, 0.2) is 48.7 Å². The van der Waals surface area contributed by atoms with E-state index in [1.165, 1.54) is 24.3 Å². The summed E-state index contributed by atoms with van der Waals surface area (Å²) in [6.07, 6.45) is -3.79. The van der Waals surface area contributed by atoms with E-state index in [-0.39, 0.29) is 22.9 Å². The maximum absolute atomic E-state index is 14.0. The maximum Gasteiger partial charge on any atom is 0.418 e. The molecule has 0 radical (unpaired) electrons. The standard InChI is InChI=1S/C17H11F4N3O2/c18-11-8-22-16(23-12-4-2-1-3-10(12)17(19,20)21)24-15(11)9-5-6-13(25)14(26)7-9/h1-8,25-26H,(H,22,23,24). The van der Waals surface area contributed by atoms with Crippen LogP contribution < -0.4 is 5.32 Å². The van der Waals surface area contributed by atoms with Gasteiger partial charge < -0.3 is 15.5 Å². The number of nitrogens with zero attached hydrogens (tertiary/aromatic N) is 2. The van der Waals surface area contributed by atoms with Crippen molar-refractivity contribution in [1.82, 2.24) is 9.97 Å². The number of phenolic OH excluding ortho intramolecular Hbond substituents is 2. The molecule has 1 heterocycles. The van der Waals surface area contributed by atoms with Crippen LogP contribution in [0.4, 0.5) is 29.2 Å². The summed E-state index contributed by atoms with van der Waals surface area (Å²) in [4.78, 5) is 7.52. The molecule has 26 heavy (non-hydrogen) atoms. The van der Waals surface area contributed by atoms with Crippen molar-refractivity contribution >= 4 is 11.6 Å². The minimum absolute atomic E-state index is 0.118. The Morgan fingerprint density at radius 3 is 2.38 bits per heavy atom. The minimum Gasteiger partial charge on any atom is -0.504 e. The third-order valence-corrected chi connectivity index (χ3v) is 3.47. The average Bonchev–Trinajstić information content (AvgIpc) is 2.59. The first-order valence-corrected chi connectivity index (χ1v) is 7.24. The molecule has 5 nitrogen and oxygen atoms in total. The van der Waals surface area contributed by atoms with Gasteiger partial charge in [-0.25, -0.2) is 14.4 Å². The molecule has 0 saturated heterocycles. The monoisotopic (exact) mass is 365 g/mol. The fourth-order valence-corrected chi connectivity index (χ4v) is 2.26. The van der Waals surface area contributed by atoms with Crippen molar-refractivity contribution < 1.29 is 27.8 Å². The highest BCUT2D eigenvalue weighted by atomic mass is 19.4. The Bertz CT molecular complexity index is 961. The highest BCUT2D eigenvalue weighted by Crippen LogP contribution is 2.36. The summed E-state index contributed by atoms with van der Waals surface area (Å²) in [5.41, 5.74) is -1.34. The molecule has 134 valence electrons. The van der Waals surface area contributed by atoms with Gasteiger partial charge in [0.05, 0.1) is 17.4 Å². The number of para-hydroxylation sites is 1. The fourth-order valence-electron chi connectivity index (χ4n) is 2.26. The van der Waals surface area contributed by atoms with Crippen molar-refractivity contribution in [1.29, 1.82) is 0 Å². The van der Waals surface area contributed by atoms with Crippen molar-refractivity contribution in [2.24, 2.45) is 0 Å². The second kappa shape index (κ2) is 6.51. The Morgan fingerprint density at radius 2 is 1.69 bits per heavy atom. The summed E-state index contributed by atoms with van der Waals surface area (Å²) >= 11 is 0. The molecule has 0 aliphatic heterocycles. The van der Waals surface area contributed by atoms with Gasteiger partial charge >= 0.3 is 6.18 Å². The van der Waals surface area contributed by atoms with Crippen molar-refractivity contribution in [2.75, 3.05) is 5.32 Å². The molecule has 0 fully saturated rings. The van der Waals surface area contributed by atoms with E-state index in [4.69, 9.17) is 0 Å². The Kier molecular flexibility index (Phi) is 4.37. The number of rotatable bonds is 3. The van der Waals surface area contributed by atoms with Gasteiger partial charge in [-0.15, -0.1) is 0 Å². The molecule has 0 aliphatic carbocycles. The number of hydrogen-bond acceptors (Lipinski definition) is 5. The lowest BCUT2D eigenvalue weighted by Crippen LogP contribution is -2.10. The van der Waals surface area contributed by atoms with Crippen molar-refractivity contribution in [3.05, 3.63) is 60.0 Å². The Labute approximate surface area is 144 Å². The van der Waals surface area contributed by atoms with Crippen molar-refractivity contribution in [3.63, 3.8) is 0 Å². The average molecular weight is 365 g/mol. The first-order valence-electron chi connectivity index (χ1n) is 7.24. The van der Waals surface area contributed by atoms with E-state index in [2.05, 4.69) is 15.3 Å². The van der Waals surface area contributed by atoms with E-state index in [9.17, 15) is 27.8 Å². The molecular formula is C17H11F4N3O2. The predicted octanol–water partition coefficient (Wildman–Crippen LogP) is 4.46. The van der Waals surface area contributed by atoms with Crippen molar-refractivity contribution in [2.45, 2.75) is 6.18 Å². The normalized spacial score (nSPS) is 11.4. The Morgan fingerprint density at radius 1 is 0.962 bits per heavy atom. The van der Waals surface area contributed by atoms with E-state index in [0.717, 1.165) is 24.4 Å². The number of nitrogens with one attached hydrogen (secondary N) is 1. The summed E-state index contributed by atoms with van der Waals surface area (Å²) in [5.74, 6) is -1.99. The zero-order chi connectivity index (χ0) is 18.9. The Hall–Kier alpha value is -3.36. The quantitative estimate of drug-likeness (QED) is 0.472. The number of anilines is 2. The van der Waals surface area contributed by atoms with Gasteiger partial charge in [0, 0.05) is 5.56 Å².